The Morgan fingerprint density at radius 3 is 2.93 bits per heavy atom. The molecule has 0 aliphatic heterocycles. The van der Waals surface area contributed by atoms with Gasteiger partial charge in [-0.1, -0.05) is 0 Å². The highest BCUT2D eigenvalue weighted by atomic mass is 16.4. The number of pyridine rings is 1. The lowest BCUT2D eigenvalue weighted by Crippen LogP contribution is -1.99. The number of aromatic nitrogens is 2. The molecule has 0 aromatic carbocycles. The normalized spacial score (nSPS) is 10.0. The number of carbonyl (C=O) groups is 1. The van der Waals surface area contributed by atoms with Crippen molar-refractivity contribution in [3.8, 4) is 11.1 Å². The maximum Gasteiger partial charge on any atom is 0.337 e. The third-order valence-corrected chi connectivity index (χ3v) is 1.96. The van der Waals surface area contributed by atoms with Crippen molar-refractivity contribution in [3.63, 3.8) is 0 Å². The minimum Gasteiger partial charge on any atom is -0.478 e. The second kappa shape index (κ2) is 3.33. The summed E-state index contributed by atoms with van der Waals surface area (Å²) in [4.78, 5) is 17.5. The minimum absolute atomic E-state index is 0.215. The van der Waals surface area contributed by atoms with Crippen molar-refractivity contribution in [2.24, 2.45) is 0 Å². The maximum atomic E-state index is 10.9. The van der Waals surface area contributed by atoms with Crippen LogP contribution in [0, 0.1) is 0 Å². The van der Waals surface area contributed by atoms with Gasteiger partial charge in [-0.25, -0.2) is 4.79 Å². The number of hydrogen-bond acceptors (Lipinski definition) is 2. The van der Waals surface area contributed by atoms with Crippen molar-refractivity contribution < 1.29 is 9.90 Å². The summed E-state index contributed by atoms with van der Waals surface area (Å²) in [5.41, 5.74) is 1.74. The Morgan fingerprint density at radius 1 is 1.43 bits per heavy atom. The smallest absolute Gasteiger partial charge is 0.337 e. The molecule has 14 heavy (non-hydrogen) atoms. The third kappa shape index (κ3) is 1.37. The van der Waals surface area contributed by atoms with E-state index >= 15 is 0 Å². The number of hydrogen-bond donors (Lipinski definition) is 2. The zero-order chi connectivity index (χ0) is 9.97. The molecule has 0 saturated carbocycles. The molecule has 0 saturated heterocycles. The predicted octanol–water partition coefficient (Wildman–Crippen LogP) is 1.77. The number of aromatic amines is 1. The van der Waals surface area contributed by atoms with Crippen molar-refractivity contribution in [2.45, 2.75) is 0 Å². The number of rotatable bonds is 2. The van der Waals surface area contributed by atoms with Crippen molar-refractivity contribution >= 4 is 5.97 Å². The molecule has 2 aromatic rings. The summed E-state index contributed by atoms with van der Waals surface area (Å²) in [5, 5.41) is 8.91. The first-order valence-corrected chi connectivity index (χ1v) is 4.09. The van der Waals surface area contributed by atoms with E-state index in [9.17, 15) is 4.79 Å². The first-order valence-electron chi connectivity index (χ1n) is 4.09. The fourth-order valence-electron chi connectivity index (χ4n) is 1.31. The van der Waals surface area contributed by atoms with Crippen LogP contribution in [-0.4, -0.2) is 21.0 Å². The van der Waals surface area contributed by atoms with Gasteiger partial charge in [0.2, 0.25) is 0 Å². The van der Waals surface area contributed by atoms with Gasteiger partial charge in [0.15, 0.2) is 0 Å². The van der Waals surface area contributed by atoms with Crippen LogP contribution < -0.4 is 0 Å². The van der Waals surface area contributed by atoms with Gasteiger partial charge in [-0.15, -0.1) is 0 Å². The Balaban J connectivity index is 2.58. The molecule has 0 fully saturated rings. The zero-order valence-corrected chi connectivity index (χ0v) is 7.27. The topological polar surface area (TPSA) is 66.0 Å². The van der Waals surface area contributed by atoms with Crippen LogP contribution in [0.4, 0.5) is 0 Å². The highest BCUT2D eigenvalue weighted by molar-refractivity contribution is 5.95. The Morgan fingerprint density at radius 2 is 2.29 bits per heavy atom. The van der Waals surface area contributed by atoms with E-state index in [2.05, 4.69) is 9.97 Å². The predicted molar refractivity (Wildman–Crippen MR) is 51.0 cm³/mol. The largest absolute Gasteiger partial charge is 0.478 e. The average Bonchev–Trinajstić information content (AvgIpc) is 2.70. The Kier molecular flexibility index (Phi) is 2.02. The van der Waals surface area contributed by atoms with E-state index in [1.807, 2.05) is 6.07 Å². The van der Waals surface area contributed by atoms with Gasteiger partial charge in [-0.05, 0) is 12.1 Å². The maximum absolute atomic E-state index is 10.9. The van der Waals surface area contributed by atoms with Crippen LogP contribution in [0.3, 0.4) is 0 Å². The summed E-state index contributed by atoms with van der Waals surface area (Å²) >= 11 is 0. The SMILES string of the molecule is O=C(O)c1cnccc1-c1cc[nH]c1. The summed E-state index contributed by atoms with van der Waals surface area (Å²) in [7, 11) is 0. The molecule has 0 radical (unpaired) electrons. The molecule has 0 unspecified atom stereocenters. The van der Waals surface area contributed by atoms with Crippen molar-refractivity contribution in [1.29, 1.82) is 0 Å². The zero-order valence-electron chi connectivity index (χ0n) is 7.27. The van der Waals surface area contributed by atoms with Crippen LogP contribution >= 0.6 is 0 Å². The quantitative estimate of drug-likeness (QED) is 0.754. The molecule has 0 amide bonds. The highest BCUT2D eigenvalue weighted by Crippen LogP contribution is 2.21. The standard InChI is InChI=1S/C10H8N2O2/c13-10(14)9-6-12-4-2-8(9)7-1-3-11-5-7/h1-6,11H,(H,13,14). The third-order valence-electron chi connectivity index (χ3n) is 1.96. The van der Waals surface area contributed by atoms with Crippen LogP contribution in [0.5, 0.6) is 0 Å². The number of carboxylic acids is 1. The van der Waals surface area contributed by atoms with Crippen LogP contribution in [0.15, 0.2) is 36.9 Å². The van der Waals surface area contributed by atoms with E-state index in [1.54, 1.807) is 24.7 Å². The molecule has 4 nitrogen and oxygen atoms in total. The van der Waals surface area contributed by atoms with Gasteiger partial charge in [0.25, 0.3) is 0 Å². The number of aromatic carboxylic acids is 1. The van der Waals surface area contributed by atoms with Crippen LogP contribution in [0.1, 0.15) is 10.4 Å². The van der Waals surface area contributed by atoms with Crippen LogP contribution in [0.25, 0.3) is 11.1 Å². The number of nitrogens with one attached hydrogen (secondary N) is 1. The van der Waals surface area contributed by atoms with Gasteiger partial charge in [0, 0.05) is 35.9 Å². The molecule has 4 heteroatoms. The molecule has 0 bridgehead atoms. The van der Waals surface area contributed by atoms with Gasteiger partial charge < -0.3 is 10.1 Å². The second-order valence-corrected chi connectivity index (χ2v) is 2.83. The monoisotopic (exact) mass is 188 g/mol. The summed E-state index contributed by atoms with van der Waals surface area (Å²) in [6.45, 7) is 0. The van der Waals surface area contributed by atoms with E-state index in [1.165, 1.54) is 6.20 Å². The molecule has 0 aliphatic rings. The number of nitrogens with zero attached hydrogens (tertiary/aromatic N) is 1. The minimum atomic E-state index is -0.964. The summed E-state index contributed by atoms with van der Waals surface area (Å²) in [5.74, 6) is -0.964. The fourth-order valence-corrected chi connectivity index (χ4v) is 1.31. The van der Waals surface area contributed by atoms with Gasteiger partial charge >= 0.3 is 5.97 Å². The molecule has 2 N–H and O–H groups in total. The first kappa shape index (κ1) is 8.50. The lowest BCUT2D eigenvalue weighted by Gasteiger charge is -2.01. The van der Waals surface area contributed by atoms with E-state index in [-0.39, 0.29) is 5.56 Å². The van der Waals surface area contributed by atoms with Gasteiger partial charge in [-0.3, -0.25) is 4.98 Å². The van der Waals surface area contributed by atoms with Gasteiger partial charge in [-0.2, -0.15) is 0 Å². The Bertz CT molecular complexity index is 449. The lowest BCUT2D eigenvalue weighted by atomic mass is 10.1. The van der Waals surface area contributed by atoms with E-state index in [4.69, 9.17) is 5.11 Å². The van der Waals surface area contributed by atoms with E-state index in [0.29, 0.717) is 5.56 Å². The van der Waals surface area contributed by atoms with Crippen molar-refractivity contribution in [2.75, 3.05) is 0 Å². The fraction of sp³-hybridized carbons (Fsp3) is 0. The molecular weight excluding hydrogens is 180 g/mol. The van der Waals surface area contributed by atoms with Crippen molar-refractivity contribution in [1.82, 2.24) is 9.97 Å². The summed E-state index contributed by atoms with van der Waals surface area (Å²) in [6.07, 6.45) is 6.43. The summed E-state index contributed by atoms with van der Waals surface area (Å²) < 4.78 is 0. The average molecular weight is 188 g/mol. The molecule has 70 valence electrons. The van der Waals surface area contributed by atoms with E-state index in [0.717, 1.165) is 5.56 Å². The molecular formula is C10H8N2O2. The molecule has 0 atom stereocenters. The molecule has 2 aromatic heterocycles. The number of carboxylic acid groups (broad SMARTS) is 1. The van der Waals surface area contributed by atoms with E-state index < -0.39 is 5.97 Å². The second-order valence-electron chi connectivity index (χ2n) is 2.83. The molecule has 0 aliphatic carbocycles. The van der Waals surface area contributed by atoms with Crippen molar-refractivity contribution in [3.05, 3.63) is 42.5 Å². The molecule has 0 spiro atoms. The van der Waals surface area contributed by atoms with Gasteiger partial charge in [0.05, 0.1) is 5.56 Å². The number of H-pyrrole nitrogens is 1. The lowest BCUT2D eigenvalue weighted by molar-refractivity contribution is 0.0697. The molecule has 2 heterocycles. The highest BCUT2D eigenvalue weighted by Gasteiger charge is 2.10. The Hall–Kier alpha value is -2.10. The summed E-state index contributed by atoms with van der Waals surface area (Å²) in [6, 6.07) is 3.51. The van der Waals surface area contributed by atoms with Gasteiger partial charge in [0.1, 0.15) is 0 Å². The van der Waals surface area contributed by atoms with Crippen LogP contribution in [0.2, 0.25) is 0 Å². The van der Waals surface area contributed by atoms with Crippen LogP contribution in [-0.2, 0) is 0 Å². The first-order chi connectivity index (χ1) is 6.79. The molecule has 2 rings (SSSR count). The Labute approximate surface area is 80.2 Å².